The van der Waals surface area contributed by atoms with Gasteiger partial charge in [-0.15, -0.1) is 0 Å². The summed E-state index contributed by atoms with van der Waals surface area (Å²) in [7, 11) is 0. The van der Waals surface area contributed by atoms with Crippen LogP contribution in [0, 0.1) is 0 Å². The predicted octanol–water partition coefficient (Wildman–Crippen LogP) is 1.19. The lowest BCUT2D eigenvalue weighted by atomic mass is 10.2. The summed E-state index contributed by atoms with van der Waals surface area (Å²) in [4.78, 5) is 27.3. The molecule has 7 nitrogen and oxygen atoms in total. The lowest BCUT2D eigenvalue weighted by Gasteiger charge is -2.26. The molecule has 2 heterocycles. The van der Waals surface area contributed by atoms with Crippen molar-refractivity contribution in [1.82, 2.24) is 10.3 Å². The maximum atomic E-state index is 11.8. The molecular formula is C17H16N2O5. The topological polar surface area (TPSA) is 86.8 Å². The van der Waals surface area contributed by atoms with E-state index in [0.29, 0.717) is 23.7 Å². The molecule has 24 heavy (non-hydrogen) atoms. The minimum Gasteiger partial charge on any atom is -0.486 e. The monoisotopic (exact) mass is 328 g/mol. The molecule has 1 aromatic carbocycles. The number of esters is 1. The average Bonchev–Trinajstić information content (AvgIpc) is 2.65. The van der Waals surface area contributed by atoms with Crippen molar-refractivity contribution in [2.75, 3.05) is 19.8 Å². The summed E-state index contributed by atoms with van der Waals surface area (Å²) in [6.45, 7) is 0.249. The van der Waals surface area contributed by atoms with Crippen LogP contribution in [0.3, 0.4) is 0 Å². The molecule has 0 radical (unpaired) electrons. The van der Waals surface area contributed by atoms with Gasteiger partial charge in [0, 0.05) is 12.4 Å². The van der Waals surface area contributed by atoms with Gasteiger partial charge in [-0.25, -0.2) is 4.79 Å². The molecule has 1 aliphatic heterocycles. The predicted molar refractivity (Wildman–Crippen MR) is 83.9 cm³/mol. The maximum absolute atomic E-state index is 11.8. The van der Waals surface area contributed by atoms with E-state index >= 15 is 0 Å². The maximum Gasteiger partial charge on any atom is 0.338 e. The Morgan fingerprint density at radius 3 is 2.71 bits per heavy atom. The van der Waals surface area contributed by atoms with Crippen molar-refractivity contribution < 1.29 is 23.8 Å². The molecule has 0 fully saturated rings. The van der Waals surface area contributed by atoms with E-state index in [4.69, 9.17) is 14.2 Å². The summed E-state index contributed by atoms with van der Waals surface area (Å²) in [5.41, 5.74) is 0.346. The normalized spacial score (nSPS) is 15.4. The molecule has 0 saturated heterocycles. The van der Waals surface area contributed by atoms with Crippen LogP contribution >= 0.6 is 0 Å². The molecule has 1 atom stereocenters. The van der Waals surface area contributed by atoms with Crippen molar-refractivity contribution in [1.29, 1.82) is 0 Å². The Balaban J connectivity index is 1.41. The molecular weight excluding hydrogens is 312 g/mol. The Morgan fingerprint density at radius 2 is 1.92 bits per heavy atom. The summed E-state index contributed by atoms with van der Waals surface area (Å²) < 4.78 is 16.2. The Morgan fingerprint density at radius 1 is 1.17 bits per heavy atom. The third kappa shape index (κ3) is 4.01. The number of benzene rings is 1. The number of carbonyl (C=O) groups is 2. The van der Waals surface area contributed by atoms with E-state index in [-0.39, 0.29) is 19.3 Å². The van der Waals surface area contributed by atoms with Crippen molar-refractivity contribution in [3.8, 4) is 11.5 Å². The Bertz CT molecular complexity index is 720. The molecule has 0 aliphatic carbocycles. The lowest BCUT2D eigenvalue weighted by Crippen LogP contribution is -2.42. The standard InChI is InChI=1S/C17H16N2O5/c20-16(11-23-17(21)12-5-7-18-8-6-12)19-9-13-10-22-14-3-1-2-4-15(14)24-13/h1-8,13H,9-11H2,(H,19,20)/t13-/m1/s1. The van der Waals surface area contributed by atoms with Gasteiger partial charge < -0.3 is 19.5 Å². The van der Waals surface area contributed by atoms with Crippen LogP contribution < -0.4 is 14.8 Å². The molecule has 1 amide bonds. The zero-order chi connectivity index (χ0) is 16.8. The van der Waals surface area contributed by atoms with Crippen LogP contribution in [0.5, 0.6) is 11.5 Å². The van der Waals surface area contributed by atoms with Crippen molar-refractivity contribution in [3.63, 3.8) is 0 Å². The van der Waals surface area contributed by atoms with E-state index in [1.54, 1.807) is 6.07 Å². The van der Waals surface area contributed by atoms with Gasteiger partial charge in [-0.05, 0) is 24.3 Å². The van der Waals surface area contributed by atoms with Crippen LogP contribution in [0.1, 0.15) is 10.4 Å². The molecule has 1 N–H and O–H groups in total. The second-order valence-electron chi connectivity index (χ2n) is 5.11. The molecule has 7 heteroatoms. The molecule has 3 rings (SSSR count). The molecule has 124 valence electrons. The van der Waals surface area contributed by atoms with Gasteiger partial charge in [0.05, 0.1) is 12.1 Å². The number of nitrogens with zero attached hydrogens (tertiary/aromatic N) is 1. The summed E-state index contributed by atoms with van der Waals surface area (Å²) in [6, 6.07) is 10.4. The van der Waals surface area contributed by atoms with Gasteiger partial charge in [0.15, 0.2) is 18.1 Å². The van der Waals surface area contributed by atoms with Crippen molar-refractivity contribution >= 4 is 11.9 Å². The van der Waals surface area contributed by atoms with Gasteiger partial charge in [0.1, 0.15) is 12.7 Å². The number of nitrogens with one attached hydrogen (secondary N) is 1. The first kappa shape index (κ1) is 15.8. The van der Waals surface area contributed by atoms with E-state index in [1.807, 2.05) is 18.2 Å². The first-order valence-electron chi connectivity index (χ1n) is 7.45. The van der Waals surface area contributed by atoms with Crippen LogP contribution in [-0.4, -0.2) is 42.7 Å². The van der Waals surface area contributed by atoms with Crippen LogP contribution in [0.4, 0.5) is 0 Å². The smallest absolute Gasteiger partial charge is 0.338 e. The molecule has 0 unspecified atom stereocenters. The number of para-hydroxylation sites is 2. The number of hydrogen-bond donors (Lipinski definition) is 1. The van der Waals surface area contributed by atoms with Gasteiger partial charge in [-0.3, -0.25) is 9.78 Å². The van der Waals surface area contributed by atoms with Crippen molar-refractivity contribution in [2.24, 2.45) is 0 Å². The second kappa shape index (κ2) is 7.45. The molecule has 1 aromatic heterocycles. The van der Waals surface area contributed by atoms with Crippen LogP contribution in [0.15, 0.2) is 48.8 Å². The second-order valence-corrected chi connectivity index (χ2v) is 5.11. The summed E-state index contributed by atoms with van der Waals surface area (Å²) >= 11 is 0. The minimum absolute atomic E-state index is 0.264. The SMILES string of the molecule is O=C(COC(=O)c1ccncc1)NC[C@@H]1COc2ccccc2O1. The number of carbonyl (C=O) groups excluding carboxylic acids is 2. The van der Waals surface area contributed by atoms with Gasteiger partial charge >= 0.3 is 5.97 Å². The number of rotatable bonds is 5. The Hall–Kier alpha value is -3.09. The van der Waals surface area contributed by atoms with E-state index < -0.39 is 11.9 Å². The van der Waals surface area contributed by atoms with E-state index in [2.05, 4.69) is 10.3 Å². The number of amides is 1. The molecule has 1 aliphatic rings. The van der Waals surface area contributed by atoms with Gasteiger partial charge in [-0.2, -0.15) is 0 Å². The number of pyridine rings is 1. The van der Waals surface area contributed by atoms with Crippen LogP contribution in [0.2, 0.25) is 0 Å². The third-order valence-electron chi connectivity index (χ3n) is 3.34. The zero-order valence-electron chi connectivity index (χ0n) is 12.8. The van der Waals surface area contributed by atoms with E-state index in [1.165, 1.54) is 24.5 Å². The minimum atomic E-state index is -0.571. The molecule has 0 saturated carbocycles. The third-order valence-corrected chi connectivity index (χ3v) is 3.34. The zero-order valence-corrected chi connectivity index (χ0v) is 12.8. The highest BCUT2D eigenvalue weighted by Gasteiger charge is 2.21. The van der Waals surface area contributed by atoms with E-state index in [0.717, 1.165) is 0 Å². The molecule has 2 aromatic rings. The highest BCUT2D eigenvalue weighted by Crippen LogP contribution is 2.30. The van der Waals surface area contributed by atoms with Crippen LogP contribution in [0.25, 0.3) is 0 Å². The lowest BCUT2D eigenvalue weighted by molar-refractivity contribution is -0.124. The number of aromatic nitrogens is 1. The van der Waals surface area contributed by atoms with Crippen molar-refractivity contribution in [2.45, 2.75) is 6.10 Å². The van der Waals surface area contributed by atoms with Crippen LogP contribution in [-0.2, 0) is 9.53 Å². The van der Waals surface area contributed by atoms with Gasteiger partial charge in [0.2, 0.25) is 0 Å². The number of ether oxygens (including phenoxy) is 3. The first-order valence-corrected chi connectivity index (χ1v) is 7.45. The number of fused-ring (bicyclic) bond motifs is 1. The van der Waals surface area contributed by atoms with Gasteiger partial charge in [0.25, 0.3) is 5.91 Å². The molecule has 0 bridgehead atoms. The Kier molecular flexibility index (Phi) is 4.90. The summed E-state index contributed by atoms with van der Waals surface area (Å²) in [5.74, 6) is 0.358. The fourth-order valence-corrected chi connectivity index (χ4v) is 2.14. The van der Waals surface area contributed by atoms with E-state index in [9.17, 15) is 9.59 Å². The quantitative estimate of drug-likeness (QED) is 0.830. The van der Waals surface area contributed by atoms with Crippen molar-refractivity contribution in [3.05, 3.63) is 54.4 Å². The summed E-state index contributed by atoms with van der Waals surface area (Å²) in [6.07, 6.45) is 2.67. The van der Waals surface area contributed by atoms with Gasteiger partial charge in [-0.1, -0.05) is 12.1 Å². The average molecular weight is 328 g/mol. The largest absolute Gasteiger partial charge is 0.486 e. The highest BCUT2D eigenvalue weighted by molar-refractivity contribution is 5.91. The Labute approximate surface area is 138 Å². The number of hydrogen-bond acceptors (Lipinski definition) is 6. The fourth-order valence-electron chi connectivity index (χ4n) is 2.14. The molecule has 0 spiro atoms. The fraction of sp³-hybridized carbons (Fsp3) is 0.235. The summed E-state index contributed by atoms with van der Waals surface area (Å²) in [5, 5.41) is 2.66. The highest BCUT2D eigenvalue weighted by atomic mass is 16.6. The first-order chi connectivity index (χ1) is 11.7.